The van der Waals surface area contributed by atoms with Crippen LogP contribution >= 0.6 is 0 Å². The van der Waals surface area contributed by atoms with Crippen molar-refractivity contribution >= 4 is 24.1 Å². The lowest BCUT2D eigenvalue weighted by atomic mass is 9.87. The van der Waals surface area contributed by atoms with E-state index >= 15 is 0 Å². The largest absolute Gasteiger partial charge is 0.467 e. The highest BCUT2D eigenvalue weighted by Gasteiger charge is 2.75. The summed E-state index contributed by atoms with van der Waals surface area (Å²) in [6.07, 6.45) is -2.69. The zero-order valence-corrected chi connectivity index (χ0v) is 20.3. The lowest BCUT2D eigenvalue weighted by Crippen LogP contribution is -2.66. The van der Waals surface area contributed by atoms with Crippen molar-refractivity contribution in [2.45, 2.75) is 68.7 Å². The Kier molecular flexibility index (Phi) is 6.05. The summed E-state index contributed by atoms with van der Waals surface area (Å²) in [7, 11) is 4.65. The lowest BCUT2D eigenvalue weighted by Gasteiger charge is -2.42. The van der Waals surface area contributed by atoms with Gasteiger partial charge in [0.1, 0.15) is 6.04 Å². The van der Waals surface area contributed by atoms with E-state index in [1.807, 2.05) is 0 Å². The predicted octanol–water partition coefficient (Wildman–Crippen LogP) is -0.0856. The summed E-state index contributed by atoms with van der Waals surface area (Å²) in [5.74, 6) is -5.44. The molecule has 0 bridgehead atoms. The summed E-state index contributed by atoms with van der Waals surface area (Å²) >= 11 is 0. The zero-order chi connectivity index (χ0) is 25.9. The van der Waals surface area contributed by atoms with Gasteiger partial charge in [0.25, 0.3) is 11.6 Å². The normalized spacial score (nSPS) is 40.0. The van der Waals surface area contributed by atoms with E-state index in [0.717, 1.165) is 19.1 Å². The molecule has 0 aromatic rings. The van der Waals surface area contributed by atoms with Gasteiger partial charge >= 0.3 is 24.1 Å². The fourth-order valence-corrected chi connectivity index (χ4v) is 4.70. The topological polar surface area (TPSA) is 160 Å². The number of methoxy groups -OCH3 is 4. The van der Waals surface area contributed by atoms with Crippen LogP contribution in [0.2, 0.25) is 0 Å². The van der Waals surface area contributed by atoms with Crippen molar-refractivity contribution in [1.82, 2.24) is 9.80 Å². The van der Waals surface area contributed by atoms with Crippen LogP contribution in [0.4, 0.5) is 9.59 Å². The molecule has 2 amide bonds. The first kappa shape index (κ1) is 25.9. The van der Waals surface area contributed by atoms with E-state index in [2.05, 4.69) is 0 Å². The molecular formula is C20H30N2O12. The maximum Gasteiger partial charge on any atom is 0.416 e. The Balaban J connectivity index is 2.14. The average molecular weight is 490 g/mol. The van der Waals surface area contributed by atoms with E-state index in [1.165, 1.54) is 41.9 Å². The number of aliphatic hydroxyl groups is 1. The predicted molar refractivity (Wildman–Crippen MR) is 108 cm³/mol. The second kappa shape index (κ2) is 7.93. The number of cyclic esters (lactones) is 2. The van der Waals surface area contributed by atoms with Crippen molar-refractivity contribution in [3.05, 3.63) is 0 Å². The third kappa shape index (κ3) is 3.08. The molecule has 0 aromatic heterocycles. The molecule has 0 radical (unpaired) electrons. The number of hydrogen-bond acceptors (Lipinski definition) is 12. The van der Waals surface area contributed by atoms with Gasteiger partial charge in [0.05, 0.1) is 20.8 Å². The Morgan fingerprint density at radius 1 is 0.971 bits per heavy atom. The van der Waals surface area contributed by atoms with E-state index in [9.17, 15) is 24.3 Å². The number of carbonyl (C=O) groups excluding carboxylic acids is 4. The monoisotopic (exact) mass is 490 g/mol. The van der Waals surface area contributed by atoms with E-state index in [4.69, 9.17) is 33.2 Å². The minimum Gasteiger partial charge on any atom is -0.467 e. The molecule has 192 valence electrons. The first-order valence-corrected chi connectivity index (χ1v) is 10.3. The van der Waals surface area contributed by atoms with E-state index in [1.54, 1.807) is 0 Å². The average Bonchev–Trinajstić information content (AvgIpc) is 3.28. The van der Waals surface area contributed by atoms with Crippen LogP contribution in [-0.4, -0.2) is 109 Å². The van der Waals surface area contributed by atoms with Gasteiger partial charge in [-0.2, -0.15) is 0 Å². The van der Waals surface area contributed by atoms with Crippen LogP contribution in [0.15, 0.2) is 0 Å². The van der Waals surface area contributed by atoms with Gasteiger partial charge in [-0.1, -0.05) is 0 Å². The minimum atomic E-state index is -2.19. The number of ether oxygens (including phenoxy) is 7. The van der Waals surface area contributed by atoms with Crippen molar-refractivity contribution < 1.29 is 57.4 Å². The Morgan fingerprint density at radius 3 is 2.00 bits per heavy atom. The molecule has 3 heterocycles. The number of esters is 2. The van der Waals surface area contributed by atoms with Crippen molar-refractivity contribution in [3.63, 3.8) is 0 Å². The Labute approximate surface area is 195 Å². The van der Waals surface area contributed by atoms with E-state index in [-0.39, 0.29) is 0 Å². The summed E-state index contributed by atoms with van der Waals surface area (Å²) < 4.78 is 36.8. The van der Waals surface area contributed by atoms with Crippen LogP contribution < -0.4 is 0 Å². The Bertz CT molecular complexity index is 910. The molecule has 6 atom stereocenters. The standard InChI is InChI=1S/C20H30N2O12/c1-16(27)18(3,30-7)33-14(25)21(16)11(12(23)28-5)9-20(13(24)29-6)10-32-17(2)19(4,31-8)34-15(26)22(17)20/h11,27H,9-10H2,1-8H3/t11-,16-,17-,18+,19+,20-/m1/s1. The van der Waals surface area contributed by atoms with Crippen LogP contribution in [-0.2, 0) is 42.7 Å². The molecular weight excluding hydrogens is 460 g/mol. The van der Waals surface area contributed by atoms with Crippen molar-refractivity contribution in [1.29, 1.82) is 0 Å². The molecule has 3 aliphatic rings. The van der Waals surface area contributed by atoms with Gasteiger partial charge in [-0.25, -0.2) is 19.2 Å². The van der Waals surface area contributed by atoms with Crippen LogP contribution in [0, 0.1) is 0 Å². The first-order chi connectivity index (χ1) is 15.6. The fraction of sp³-hybridized carbons (Fsp3) is 0.800. The van der Waals surface area contributed by atoms with Crippen LogP contribution in [0.3, 0.4) is 0 Å². The molecule has 1 N–H and O–H groups in total. The quantitative estimate of drug-likeness (QED) is 0.374. The Morgan fingerprint density at radius 2 is 1.53 bits per heavy atom. The van der Waals surface area contributed by atoms with Crippen LogP contribution in [0.25, 0.3) is 0 Å². The lowest BCUT2D eigenvalue weighted by molar-refractivity contribution is -0.265. The summed E-state index contributed by atoms with van der Waals surface area (Å²) in [6, 6.07) is -1.64. The van der Waals surface area contributed by atoms with E-state index < -0.39 is 71.8 Å². The highest BCUT2D eigenvalue weighted by molar-refractivity contribution is 5.90. The maximum absolute atomic E-state index is 13.2. The zero-order valence-electron chi connectivity index (χ0n) is 20.3. The highest BCUT2D eigenvalue weighted by atomic mass is 16.8. The molecule has 0 spiro atoms. The molecule has 3 rings (SSSR count). The van der Waals surface area contributed by atoms with Gasteiger partial charge in [0, 0.05) is 34.5 Å². The maximum atomic E-state index is 13.2. The molecule has 14 heteroatoms. The van der Waals surface area contributed by atoms with Crippen LogP contribution in [0.5, 0.6) is 0 Å². The van der Waals surface area contributed by atoms with Gasteiger partial charge in [-0.15, -0.1) is 0 Å². The molecule has 3 aliphatic heterocycles. The third-order valence-electron chi connectivity index (χ3n) is 7.22. The third-order valence-corrected chi connectivity index (χ3v) is 7.22. The van der Waals surface area contributed by atoms with Crippen LogP contribution in [0.1, 0.15) is 34.1 Å². The van der Waals surface area contributed by atoms with Crippen molar-refractivity contribution in [2.24, 2.45) is 0 Å². The molecule has 0 aliphatic carbocycles. The smallest absolute Gasteiger partial charge is 0.416 e. The van der Waals surface area contributed by atoms with Gasteiger partial charge in [0.2, 0.25) is 11.4 Å². The van der Waals surface area contributed by atoms with Gasteiger partial charge in [0.15, 0.2) is 5.54 Å². The summed E-state index contributed by atoms with van der Waals surface area (Å²) in [5.41, 5.74) is -5.77. The molecule has 14 nitrogen and oxygen atoms in total. The number of amides is 2. The summed E-state index contributed by atoms with van der Waals surface area (Å²) in [5, 5.41) is 11.2. The number of hydrogen-bond donors (Lipinski definition) is 1. The number of nitrogens with zero attached hydrogens (tertiary/aromatic N) is 2. The molecule has 0 unspecified atom stereocenters. The molecule has 0 aromatic carbocycles. The molecule has 3 saturated heterocycles. The number of fused-ring (bicyclic) bond motifs is 1. The molecule has 3 fully saturated rings. The number of rotatable bonds is 7. The summed E-state index contributed by atoms with van der Waals surface area (Å²) in [4.78, 5) is 53.6. The van der Waals surface area contributed by atoms with Crippen molar-refractivity contribution in [2.75, 3.05) is 35.0 Å². The number of carbonyl (C=O) groups is 4. The van der Waals surface area contributed by atoms with Crippen molar-refractivity contribution in [3.8, 4) is 0 Å². The second-order valence-electron chi connectivity index (χ2n) is 8.80. The highest BCUT2D eigenvalue weighted by Crippen LogP contribution is 2.52. The first-order valence-electron chi connectivity index (χ1n) is 10.3. The Hall–Kier alpha value is -2.68. The second-order valence-corrected chi connectivity index (χ2v) is 8.80. The molecule has 34 heavy (non-hydrogen) atoms. The van der Waals surface area contributed by atoms with Gasteiger partial charge in [-0.3, -0.25) is 9.80 Å². The fourth-order valence-electron chi connectivity index (χ4n) is 4.70. The van der Waals surface area contributed by atoms with Gasteiger partial charge < -0.3 is 38.3 Å². The van der Waals surface area contributed by atoms with Gasteiger partial charge in [-0.05, 0) is 13.8 Å². The molecule has 0 saturated carbocycles. The van der Waals surface area contributed by atoms with E-state index in [0.29, 0.717) is 4.90 Å². The minimum absolute atomic E-state index is 0.440. The SMILES string of the molecule is COC(=O)[C@@H](C[C@]1(C(=O)OC)CO[C@@]2(C)N1C(=O)O[C@]2(C)OC)N1C(=O)O[C@](C)(OC)[C@@]1(C)O. The summed E-state index contributed by atoms with van der Waals surface area (Å²) in [6.45, 7) is 4.98.